The van der Waals surface area contributed by atoms with Crippen LogP contribution in [0.1, 0.15) is 38.0 Å². The zero-order valence-electron chi connectivity index (χ0n) is 9.45. The lowest BCUT2D eigenvalue weighted by molar-refractivity contribution is 0.100. The van der Waals surface area contributed by atoms with Crippen LogP contribution >= 0.6 is 0 Å². The summed E-state index contributed by atoms with van der Waals surface area (Å²) in [6.07, 6.45) is -0.359. The first-order valence-electron chi connectivity index (χ1n) is 5.55. The summed E-state index contributed by atoms with van der Waals surface area (Å²) in [5, 5.41) is 10.9. The van der Waals surface area contributed by atoms with Crippen molar-refractivity contribution in [2.24, 2.45) is 0 Å². The topological polar surface area (TPSA) is 42.7 Å². The molecule has 0 fully saturated rings. The highest BCUT2D eigenvalue weighted by Gasteiger charge is 2.24. The van der Waals surface area contributed by atoms with Crippen LogP contribution in [0.5, 0.6) is 0 Å². The van der Waals surface area contributed by atoms with E-state index in [1.165, 1.54) is 6.92 Å². The Balaban J connectivity index is 2.06. The third kappa shape index (κ3) is 2.07. The Bertz CT molecular complexity index is 364. The fraction of sp³-hybridized carbons (Fsp3) is 0.800. The van der Waals surface area contributed by atoms with Gasteiger partial charge in [-0.3, -0.25) is 5.32 Å². The largest absolute Gasteiger partial charge is 0.314 e. The minimum atomic E-state index is -2.36. The van der Waals surface area contributed by atoms with Crippen molar-refractivity contribution in [3.8, 4) is 0 Å². The molecule has 0 saturated carbocycles. The van der Waals surface area contributed by atoms with Crippen LogP contribution in [0.15, 0.2) is 0 Å². The van der Waals surface area contributed by atoms with Gasteiger partial charge in [-0.15, -0.1) is 10.2 Å². The summed E-state index contributed by atoms with van der Waals surface area (Å²) in [5.74, 6) is 1.73. The van der Waals surface area contributed by atoms with Crippen molar-refractivity contribution in [2.45, 2.75) is 51.7 Å². The summed E-state index contributed by atoms with van der Waals surface area (Å²) in [5.41, 5.74) is 0. The van der Waals surface area contributed by atoms with Gasteiger partial charge < -0.3 is 4.57 Å². The molecule has 0 amide bonds. The van der Waals surface area contributed by atoms with Crippen molar-refractivity contribution in [2.75, 3.05) is 0 Å². The lowest BCUT2D eigenvalue weighted by Crippen LogP contribution is -2.35. The number of fused-ring (bicyclic) bond motifs is 1. The van der Waals surface area contributed by atoms with E-state index >= 15 is 0 Å². The van der Waals surface area contributed by atoms with E-state index in [1.807, 2.05) is 11.5 Å². The number of alkyl halides is 2. The molecule has 2 heterocycles. The fourth-order valence-corrected chi connectivity index (χ4v) is 2.03. The zero-order chi connectivity index (χ0) is 11.7. The highest BCUT2D eigenvalue weighted by atomic mass is 19.3. The van der Waals surface area contributed by atoms with Crippen molar-refractivity contribution >= 4 is 0 Å². The van der Waals surface area contributed by atoms with Gasteiger partial charge in [-0.1, -0.05) is 0 Å². The lowest BCUT2D eigenvalue weighted by Gasteiger charge is -2.18. The molecule has 90 valence electrons. The molecule has 16 heavy (non-hydrogen) atoms. The van der Waals surface area contributed by atoms with E-state index in [2.05, 4.69) is 15.5 Å². The molecule has 1 aliphatic rings. The van der Waals surface area contributed by atoms with Crippen LogP contribution in [0.3, 0.4) is 0 Å². The minimum Gasteiger partial charge on any atom is -0.314 e. The maximum absolute atomic E-state index is 12.4. The van der Waals surface area contributed by atoms with Crippen molar-refractivity contribution in [3.05, 3.63) is 11.6 Å². The van der Waals surface area contributed by atoms with Crippen molar-refractivity contribution in [3.63, 3.8) is 0 Å². The Hall–Kier alpha value is -1.04. The number of hydrogen-bond acceptors (Lipinski definition) is 3. The van der Waals surface area contributed by atoms with Gasteiger partial charge in [-0.2, -0.15) is 0 Å². The molecule has 2 rings (SSSR count). The first kappa shape index (κ1) is 11.4. The number of aryl methyl sites for hydroxylation is 1. The van der Waals surface area contributed by atoms with Crippen LogP contribution in [0.2, 0.25) is 0 Å². The smallest absolute Gasteiger partial charge is 0.253 e. The number of nitrogens with one attached hydrogen (secondary N) is 1. The van der Waals surface area contributed by atoms with E-state index in [1.54, 1.807) is 0 Å². The van der Waals surface area contributed by atoms with Crippen LogP contribution < -0.4 is 5.32 Å². The molecule has 2 unspecified atom stereocenters. The van der Waals surface area contributed by atoms with Crippen molar-refractivity contribution in [1.29, 1.82) is 0 Å². The van der Waals surface area contributed by atoms with Gasteiger partial charge in [-0.05, 0) is 20.3 Å². The van der Waals surface area contributed by atoms with Gasteiger partial charge in [0.2, 0.25) is 0 Å². The summed E-state index contributed by atoms with van der Waals surface area (Å²) in [6, 6.07) is -1.02. The minimum absolute atomic E-state index is 0.191. The lowest BCUT2D eigenvalue weighted by atomic mass is 10.2. The summed E-state index contributed by atoms with van der Waals surface area (Å²) >= 11 is 0. The Labute approximate surface area is 93.1 Å². The molecule has 1 aliphatic heterocycles. The third-order valence-corrected chi connectivity index (χ3v) is 2.92. The van der Waals surface area contributed by atoms with Crippen LogP contribution in [0.4, 0.5) is 8.78 Å². The number of hydrogen-bond donors (Lipinski definition) is 1. The van der Waals surface area contributed by atoms with Crippen LogP contribution in [-0.4, -0.2) is 27.2 Å². The maximum Gasteiger partial charge on any atom is 0.253 e. The monoisotopic (exact) mass is 230 g/mol. The molecular weight excluding hydrogens is 214 g/mol. The average molecular weight is 230 g/mol. The predicted molar refractivity (Wildman–Crippen MR) is 55.4 cm³/mol. The van der Waals surface area contributed by atoms with Gasteiger partial charge in [-0.25, -0.2) is 8.78 Å². The second-order valence-electron chi connectivity index (χ2n) is 4.24. The van der Waals surface area contributed by atoms with Gasteiger partial charge >= 0.3 is 0 Å². The summed E-state index contributed by atoms with van der Waals surface area (Å²) in [4.78, 5) is 0. The molecule has 4 nitrogen and oxygen atoms in total. The molecule has 0 spiro atoms. The predicted octanol–water partition coefficient (Wildman–Crippen LogP) is 1.53. The van der Waals surface area contributed by atoms with Gasteiger partial charge in [0, 0.05) is 13.0 Å². The van der Waals surface area contributed by atoms with E-state index in [0.717, 1.165) is 31.0 Å². The Morgan fingerprint density at radius 3 is 2.75 bits per heavy atom. The van der Waals surface area contributed by atoms with Crippen molar-refractivity contribution in [1.82, 2.24) is 20.1 Å². The standard InChI is InChI=1S/C10H16F2N4/c1-6(9(11)12)13-7(2)10-15-14-8-4-3-5-16(8)10/h6-7,9,13H,3-5H2,1-2H3. The molecular formula is C10H16F2N4. The second kappa shape index (κ2) is 4.45. The molecule has 1 aromatic heterocycles. The number of rotatable bonds is 4. The number of halogens is 2. The first-order chi connectivity index (χ1) is 7.59. The number of aromatic nitrogens is 3. The second-order valence-corrected chi connectivity index (χ2v) is 4.24. The van der Waals surface area contributed by atoms with Crippen LogP contribution in [0.25, 0.3) is 0 Å². The Morgan fingerprint density at radius 1 is 1.31 bits per heavy atom. The molecule has 1 aromatic rings. The summed E-state index contributed by atoms with van der Waals surface area (Å²) in [7, 11) is 0. The normalized spacial score (nSPS) is 18.8. The molecule has 2 atom stereocenters. The Kier molecular flexibility index (Phi) is 3.18. The van der Waals surface area contributed by atoms with Gasteiger partial charge in [0.15, 0.2) is 0 Å². The number of nitrogens with zero attached hydrogens (tertiary/aromatic N) is 3. The van der Waals surface area contributed by atoms with E-state index < -0.39 is 12.5 Å². The van der Waals surface area contributed by atoms with Gasteiger partial charge in [0.1, 0.15) is 11.6 Å². The van der Waals surface area contributed by atoms with Gasteiger partial charge in [0.05, 0.1) is 12.1 Å². The van der Waals surface area contributed by atoms with Crippen molar-refractivity contribution < 1.29 is 8.78 Å². The van der Waals surface area contributed by atoms with E-state index in [-0.39, 0.29) is 6.04 Å². The average Bonchev–Trinajstić information content (AvgIpc) is 2.77. The SMILES string of the molecule is CC(NC(C)C(F)F)c1nnc2n1CCC2. The fourth-order valence-electron chi connectivity index (χ4n) is 2.03. The molecule has 0 saturated heterocycles. The summed E-state index contributed by atoms with van der Waals surface area (Å²) < 4.78 is 26.8. The first-order valence-corrected chi connectivity index (χ1v) is 5.55. The zero-order valence-corrected chi connectivity index (χ0v) is 9.45. The maximum atomic E-state index is 12.4. The molecule has 1 N–H and O–H groups in total. The molecule has 0 aromatic carbocycles. The third-order valence-electron chi connectivity index (χ3n) is 2.92. The molecule has 0 aliphatic carbocycles. The molecule has 0 bridgehead atoms. The quantitative estimate of drug-likeness (QED) is 0.853. The van der Waals surface area contributed by atoms with Crippen LogP contribution in [-0.2, 0) is 13.0 Å². The van der Waals surface area contributed by atoms with Gasteiger partial charge in [0.25, 0.3) is 6.43 Å². The van der Waals surface area contributed by atoms with E-state index in [0.29, 0.717) is 0 Å². The van der Waals surface area contributed by atoms with E-state index in [4.69, 9.17) is 0 Å². The highest BCUT2D eigenvalue weighted by molar-refractivity contribution is 5.04. The van der Waals surface area contributed by atoms with E-state index in [9.17, 15) is 8.78 Å². The Morgan fingerprint density at radius 2 is 2.06 bits per heavy atom. The highest BCUT2D eigenvalue weighted by Crippen LogP contribution is 2.19. The van der Waals surface area contributed by atoms with Crippen LogP contribution in [0, 0.1) is 0 Å². The summed E-state index contributed by atoms with van der Waals surface area (Å²) in [6.45, 7) is 4.21. The molecule has 0 radical (unpaired) electrons. The molecule has 6 heteroatoms.